The van der Waals surface area contributed by atoms with E-state index in [1.807, 2.05) is 24.4 Å². The second-order valence-corrected chi connectivity index (χ2v) is 7.02. The lowest BCUT2D eigenvalue weighted by Crippen LogP contribution is -2.51. The Bertz CT molecular complexity index is 591. The van der Waals surface area contributed by atoms with Gasteiger partial charge >= 0.3 is 0 Å². The van der Waals surface area contributed by atoms with Gasteiger partial charge in [0.05, 0.1) is 31.1 Å². The van der Waals surface area contributed by atoms with Crippen molar-refractivity contribution < 1.29 is 9.84 Å². The third-order valence-electron chi connectivity index (χ3n) is 3.93. The maximum Gasteiger partial charge on any atom is 0.0900 e. The molecule has 3 rings (SSSR count). The van der Waals surface area contributed by atoms with Crippen LogP contribution in [-0.2, 0) is 11.3 Å². The Morgan fingerprint density at radius 1 is 1.45 bits per heavy atom. The van der Waals surface area contributed by atoms with Gasteiger partial charge < -0.3 is 9.84 Å². The van der Waals surface area contributed by atoms with Gasteiger partial charge in [-0.1, -0.05) is 6.07 Å². The number of hydrogen-bond donors (Lipinski definition) is 1. The van der Waals surface area contributed by atoms with Crippen molar-refractivity contribution in [1.82, 2.24) is 14.7 Å². The molecule has 1 aliphatic rings. The molecule has 0 amide bonds. The van der Waals surface area contributed by atoms with Crippen molar-refractivity contribution in [3.8, 4) is 0 Å². The first kappa shape index (κ1) is 15.7. The van der Waals surface area contributed by atoms with Crippen LogP contribution in [0.2, 0.25) is 0 Å². The van der Waals surface area contributed by atoms with Crippen LogP contribution in [-0.4, -0.2) is 52.1 Å². The predicted molar refractivity (Wildman–Crippen MR) is 87.2 cm³/mol. The van der Waals surface area contributed by atoms with Crippen LogP contribution >= 0.6 is 11.3 Å². The highest BCUT2D eigenvalue weighted by atomic mass is 32.1. The molecular weight excluding hydrogens is 298 g/mol. The van der Waals surface area contributed by atoms with Gasteiger partial charge in [0, 0.05) is 30.2 Å². The van der Waals surface area contributed by atoms with Gasteiger partial charge in [0.2, 0.25) is 0 Å². The molecule has 0 aliphatic carbocycles. The Balaban J connectivity index is 1.35. The average Bonchev–Trinajstić information content (AvgIpc) is 3.03. The fourth-order valence-corrected chi connectivity index (χ4v) is 3.54. The van der Waals surface area contributed by atoms with Gasteiger partial charge in [-0.25, -0.2) is 0 Å². The number of aromatic nitrogens is 2. The molecule has 120 valence electrons. The summed E-state index contributed by atoms with van der Waals surface area (Å²) in [5.74, 6) is 0. The Labute approximate surface area is 135 Å². The molecule has 0 bridgehead atoms. The van der Waals surface area contributed by atoms with Crippen LogP contribution in [0.1, 0.15) is 22.3 Å². The fourth-order valence-electron chi connectivity index (χ4n) is 2.90. The molecule has 5 nitrogen and oxygen atoms in total. The number of nitrogens with zero attached hydrogens (tertiary/aromatic N) is 3. The lowest BCUT2D eigenvalue weighted by molar-refractivity contribution is -0.0131. The summed E-state index contributed by atoms with van der Waals surface area (Å²) in [5.41, 5.74) is 2.28. The molecule has 0 unspecified atom stereocenters. The van der Waals surface area contributed by atoms with E-state index in [1.54, 1.807) is 11.3 Å². The highest BCUT2D eigenvalue weighted by Crippen LogP contribution is 2.22. The second kappa shape index (κ2) is 6.91. The molecule has 1 saturated heterocycles. The fraction of sp³-hybridized carbons (Fsp3) is 0.562. The summed E-state index contributed by atoms with van der Waals surface area (Å²) in [5, 5.41) is 16.6. The van der Waals surface area contributed by atoms with Crippen LogP contribution < -0.4 is 0 Å². The number of likely N-dealkylation sites (tertiary alicyclic amines) is 1. The molecule has 1 N–H and O–H groups in total. The van der Waals surface area contributed by atoms with E-state index in [0.717, 1.165) is 18.8 Å². The Morgan fingerprint density at radius 2 is 2.27 bits per heavy atom. The van der Waals surface area contributed by atoms with Gasteiger partial charge in [-0.15, -0.1) is 11.3 Å². The smallest absolute Gasteiger partial charge is 0.0900 e. The standard InChI is InChI=1S/C16H23N3O2S/c1-12-6-13(2)19(17-12)14-7-18(8-14)9-15(20)10-21-11-16-4-3-5-22-16/h3-6,14-15,20H,7-11H2,1-2H3/t15-/m0/s1. The molecule has 0 spiro atoms. The van der Waals surface area contributed by atoms with Gasteiger partial charge in [-0.3, -0.25) is 9.58 Å². The molecule has 3 heterocycles. The number of aryl methyl sites for hydroxylation is 2. The van der Waals surface area contributed by atoms with Crippen LogP contribution in [0.3, 0.4) is 0 Å². The molecule has 0 radical (unpaired) electrons. The number of thiophene rings is 1. The van der Waals surface area contributed by atoms with E-state index in [2.05, 4.69) is 27.7 Å². The van der Waals surface area contributed by atoms with Crippen molar-refractivity contribution in [3.05, 3.63) is 39.8 Å². The van der Waals surface area contributed by atoms with E-state index < -0.39 is 6.10 Å². The second-order valence-electron chi connectivity index (χ2n) is 5.99. The summed E-state index contributed by atoms with van der Waals surface area (Å²) in [6.07, 6.45) is -0.429. The third-order valence-corrected chi connectivity index (χ3v) is 4.78. The SMILES string of the molecule is Cc1cc(C)n(C2CN(C[C@H](O)COCc3cccs3)C2)n1. The zero-order valence-electron chi connectivity index (χ0n) is 13.1. The summed E-state index contributed by atoms with van der Waals surface area (Å²) in [7, 11) is 0. The van der Waals surface area contributed by atoms with Crippen LogP contribution in [0.4, 0.5) is 0 Å². The molecule has 2 aromatic heterocycles. The van der Waals surface area contributed by atoms with E-state index in [1.165, 1.54) is 10.6 Å². The van der Waals surface area contributed by atoms with Crippen molar-refractivity contribution in [2.75, 3.05) is 26.2 Å². The minimum atomic E-state index is -0.429. The van der Waals surface area contributed by atoms with E-state index in [0.29, 0.717) is 25.8 Å². The first-order valence-electron chi connectivity index (χ1n) is 7.65. The van der Waals surface area contributed by atoms with Crippen molar-refractivity contribution in [2.24, 2.45) is 0 Å². The summed E-state index contributed by atoms with van der Waals surface area (Å²) in [6, 6.07) is 6.60. The molecular formula is C16H23N3O2S. The Morgan fingerprint density at radius 3 is 2.91 bits per heavy atom. The lowest BCUT2D eigenvalue weighted by atomic mass is 10.1. The summed E-state index contributed by atoms with van der Waals surface area (Å²) >= 11 is 1.68. The monoisotopic (exact) mass is 321 g/mol. The molecule has 1 atom stereocenters. The van der Waals surface area contributed by atoms with Gasteiger partial charge in [0.25, 0.3) is 0 Å². The lowest BCUT2D eigenvalue weighted by Gasteiger charge is -2.40. The van der Waals surface area contributed by atoms with Gasteiger partial charge in [-0.2, -0.15) is 5.10 Å². The zero-order valence-corrected chi connectivity index (χ0v) is 13.9. The van der Waals surface area contributed by atoms with Crippen LogP contribution in [0, 0.1) is 13.8 Å². The molecule has 2 aromatic rings. The summed E-state index contributed by atoms with van der Waals surface area (Å²) in [6.45, 7) is 7.65. The summed E-state index contributed by atoms with van der Waals surface area (Å²) < 4.78 is 7.66. The first-order valence-corrected chi connectivity index (χ1v) is 8.53. The predicted octanol–water partition coefficient (Wildman–Crippen LogP) is 2.00. The number of ether oxygens (including phenoxy) is 1. The topological polar surface area (TPSA) is 50.5 Å². The Kier molecular flexibility index (Phi) is 4.93. The van der Waals surface area contributed by atoms with Crippen LogP contribution in [0.25, 0.3) is 0 Å². The maximum absolute atomic E-state index is 10.0. The summed E-state index contributed by atoms with van der Waals surface area (Å²) in [4.78, 5) is 3.45. The quantitative estimate of drug-likeness (QED) is 0.847. The average molecular weight is 321 g/mol. The third kappa shape index (κ3) is 3.76. The number of hydrogen-bond acceptors (Lipinski definition) is 5. The number of β-amino-alcohol motifs (C(OH)–C–C–N with tert-alkyl or cyclic N) is 1. The van der Waals surface area contributed by atoms with Crippen molar-refractivity contribution in [3.63, 3.8) is 0 Å². The van der Waals surface area contributed by atoms with Crippen LogP contribution in [0.5, 0.6) is 0 Å². The first-order chi connectivity index (χ1) is 10.6. The molecule has 0 aromatic carbocycles. The van der Waals surface area contributed by atoms with E-state index >= 15 is 0 Å². The Hall–Kier alpha value is -1.21. The van der Waals surface area contributed by atoms with Gasteiger partial charge in [0.1, 0.15) is 0 Å². The number of aliphatic hydroxyl groups is 1. The van der Waals surface area contributed by atoms with Crippen molar-refractivity contribution in [2.45, 2.75) is 32.6 Å². The minimum absolute atomic E-state index is 0.388. The highest BCUT2D eigenvalue weighted by Gasteiger charge is 2.30. The van der Waals surface area contributed by atoms with Crippen LogP contribution in [0.15, 0.2) is 23.6 Å². The molecule has 22 heavy (non-hydrogen) atoms. The molecule has 6 heteroatoms. The van der Waals surface area contributed by atoms with Crippen molar-refractivity contribution >= 4 is 11.3 Å². The normalized spacial score (nSPS) is 17.6. The van der Waals surface area contributed by atoms with E-state index in [-0.39, 0.29) is 0 Å². The van der Waals surface area contributed by atoms with Crippen molar-refractivity contribution in [1.29, 1.82) is 0 Å². The largest absolute Gasteiger partial charge is 0.389 e. The molecule has 1 fully saturated rings. The number of aliphatic hydroxyl groups excluding tert-OH is 1. The number of rotatable bonds is 7. The highest BCUT2D eigenvalue weighted by molar-refractivity contribution is 7.09. The maximum atomic E-state index is 10.0. The zero-order chi connectivity index (χ0) is 15.5. The van der Waals surface area contributed by atoms with Gasteiger partial charge in [-0.05, 0) is 31.4 Å². The molecule has 0 saturated carbocycles. The van der Waals surface area contributed by atoms with E-state index in [9.17, 15) is 5.11 Å². The minimum Gasteiger partial charge on any atom is -0.389 e. The van der Waals surface area contributed by atoms with Gasteiger partial charge in [0.15, 0.2) is 0 Å². The molecule has 1 aliphatic heterocycles. The van der Waals surface area contributed by atoms with E-state index in [4.69, 9.17) is 4.74 Å².